The van der Waals surface area contributed by atoms with Crippen LogP contribution in [0.5, 0.6) is 0 Å². The minimum absolute atomic E-state index is 0.0127. The average molecular weight is 270 g/mol. The van der Waals surface area contributed by atoms with Gasteiger partial charge in [-0.1, -0.05) is 22.9 Å². The SMILES string of the molecule is CC(=O)NNS(=O)(=O)c1sc(Cl)nc1C. The van der Waals surface area contributed by atoms with Crippen LogP contribution in [0.1, 0.15) is 12.6 Å². The molecule has 0 atom stereocenters. The number of thiazole rings is 1. The van der Waals surface area contributed by atoms with Crippen molar-refractivity contribution in [2.24, 2.45) is 0 Å². The summed E-state index contributed by atoms with van der Waals surface area (Å²) in [6.07, 6.45) is 0. The van der Waals surface area contributed by atoms with E-state index in [0.717, 1.165) is 11.3 Å². The molecule has 0 spiro atoms. The van der Waals surface area contributed by atoms with Crippen molar-refractivity contribution in [3.63, 3.8) is 0 Å². The maximum Gasteiger partial charge on any atom is 0.268 e. The van der Waals surface area contributed by atoms with E-state index in [0.29, 0.717) is 5.69 Å². The average Bonchev–Trinajstić information content (AvgIpc) is 2.43. The summed E-state index contributed by atoms with van der Waals surface area (Å²) in [4.78, 5) is 16.2. The Bertz CT molecular complexity index is 482. The van der Waals surface area contributed by atoms with Gasteiger partial charge in [-0.15, -0.1) is 4.83 Å². The number of carbonyl (C=O) groups is 1. The highest BCUT2D eigenvalue weighted by molar-refractivity contribution is 7.91. The summed E-state index contributed by atoms with van der Waals surface area (Å²) in [5, 5.41) is 0. The first-order chi connectivity index (χ1) is 6.83. The topological polar surface area (TPSA) is 88.2 Å². The Morgan fingerprint density at radius 1 is 1.53 bits per heavy atom. The van der Waals surface area contributed by atoms with E-state index in [1.807, 2.05) is 10.3 Å². The number of sulfonamides is 1. The van der Waals surface area contributed by atoms with Gasteiger partial charge in [0, 0.05) is 6.92 Å². The van der Waals surface area contributed by atoms with Crippen molar-refractivity contribution in [3.05, 3.63) is 10.2 Å². The molecule has 0 aliphatic heterocycles. The van der Waals surface area contributed by atoms with E-state index in [1.54, 1.807) is 0 Å². The number of hydrazine groups is 1. The fraction of sp³-hybridized carbons (Fsp3) is 0.333. The molecule has 0 fully saturated rings. The van der Waals surface area contributed by atoms with E-state index < -0.39 is 15.9 Å². The molecular formula is C6H8ClN3O3S2. The lowest BCUT2D eigenvalue weighted by molar-refractivity contribution is -0.119. The van der Waals surface area contributed by atoms with E-state index in [2.05, 4.69) is 4.98 Å². The zero-order chi connectivity index (χ0) is 11.6. The predicted octanol–water partition coefficient (Wildman–Crippen LogP) is 0.434. The Labute approximate surface area is 95.7 Å². The summed E-state index contributed by atoms with van der Waals surface area (Å²) in [7, 11) is -3.78. The molecule has 0 radical (unpaired) electrons. The second-order valence-corrected chi connectivity index (χ2v) is 6.09. The van der Waals surface area contributed by atoms with Crippen molar-refractivity contribution in [2.45, 2.75) is 18.1 Å². The van der Waals surface area contributed by atoms with Crippen molar-refractivity contribution in [1.82, 2.24) is 15.2 Å². The largest absolute Gasteiger partial charge is 0.278 e. The lowest BCUT2D eigenvalue weighted by atomic mass is 10.6. The third kappa shape index (κ3) is 3.13. The van der Waals surface area contributed by atoms with Gasteiger partial charge in [0.25, 0.3) is 10.0 Å². The number of amides is 1. The van der Waals surface area contributed by atoms with Crippen LogP contribution in [0.25, 0.3) is 0 Å². The molecule has 1 rings (SSSR count). The molecule has 0 saturated heterocycles. The third-order valence-electron chi connectivity index (χ3n) is 1.33. The van der Waals surface area contributed by atoms with Crippen LogP contribution in [0.3, 0.4) is 0 Å². The number of hydrogen-bond donors (Lipinski definition) is 2. The second-order valence-electron chi connectivity index (χ2n) is 2.63. The van der Waals surface area contributed by atoms with Gasteiger partial charge in [0.1, 0.15) is 0 Å². The van der Waals surface area contributed by atoms with Crippen molar-refractivity contribution < 1.29 is 13.2 Å². The zero-order valence-corrected chi connectivity index (χ0v) is 10.3. The molecule has 84 valence electrons. The lowest BCUT2D eigenvalue weighted by Gasteiger charge is -2.04. The summed E-state index contributed by atoms with van der Waals surface area (Å²) in [6, 6.07) is 0. The Hall–Kier alpha value is -0.700. The minimum Gasteiger partial charge on any atom is -0.278 e. The van der Waals surface area contributed by atoms with Gasteiger partial charge < -0.3 is 0 Å². The first kappa shape index (κ1) is 12.4. The maximum atomic E-state index is 11.6. The summed E-state index contributed by atoms with van der Waals surface area (Å²) in [5.74, 6) is -0.508. The number of halogens is 1. The number of nitrogens with zero attached hydrogens (tertiary/aromatic N) is 1. The van der Waals surface area contributed by atoms with Gasteiger partial charge in [0.05, 0.1) is 5.69 Å². The van der Waals surface area contributed by atoms with Gasteiger partial charge in [-0.2, -0.15) is 0 Å². The Morgan fingerprint density at radius 2 is 2.13 bits per heavy atom. The molecule has 15 heavy (non-hydrogen) atoms. The Morgan fingerprint density at radius 3 is 2.53 bits per heavy atom. The number of hydrogen-bond acceptors (Lipinski definition) is 5. The van der Waals surface area contributed by atoms with E-state index >= 15 is 0 Å². The molecule has 6 nitrogen and oxygen atoms in total. The molecule has 0 unspecified atom stereocenters. The minimum atomic E-state index is -3.78. The monoisotopic (exact) mass is 269 g/mol. The normalized spacial score (nSPS) is 11.4. The molecular weight excluding hydrogens is 262 g/mol. The third-order valence-corrected chi connectivity index (χ3v) is 4.45. The van der Waals surface area contributed by atoms with Crippen LogP contribution in [0.4, 0.5) is 0 Å². The molecule has 0 aromatic carbocycles. The van der Waals surface area contributed by atoms with Crippen molar-refractivity contribution in [3.8, 4) is 0 Å². The van der Waals surface area contributed by atoms with Crippen LogP contribution in [-0.2, 0) is 14.8 Å². The molecule has 0 aliphatic carbocycles. The fourth-order valence-corrected chi connectivity index (χ4v) is 3.42. The molecule has 2 N–H and O–H groups in total. The van der Waals surface area contributed by atoms with Crippen molar-refractivity contribution >= 4 is 38.9 Å². The zero-order valence-electron chi connectivity index (χ0n) is 7.87. The van der Waals surface area contributed by atoms with Crippen LogP contribution < -0.4 is 10.3 Å². The maximum absolute atomic E-state index is 11.6. The Kier molecular flexibility index (Phi) is 3.66. The fourth-order valence-electron chi connectivity index (χ4n) is 0.785. The van der Waals surface area contributed by atoms with Gasteiger partial charge >= 0.3 is 0 Å². The number of aryl methyl sites for hydroxylation is 1. The standard InChI is InChI=1S/C6H8ClN3O3S2/c1-3-5(14-6(7)8-3)15(12,13)10-9-4(2)11/h10H,1-2H3,(H,9,11). The van der Waals surface area contributed by atoms with Gasteiger partial charge in [-0.05, 0) is 6.92 Å². The molecule has 1 amide bonds. The quantitative estimate of drug-likeness (QED) is 0.779. The molecule has 1 aromatic rings. The molecule has 9 heteroatoms. The predicted molar refractivity (Wildman–Crippen MR) is 56.0 cm³/mol. The van der Waals surface area contributed by atoms with E-state index in [1.165, 1.54) is 13.8 Å². The van der Waals surface area contributed by atoms with E-state index in [-0.39, 0.29) is 8.68 Å². The second kappa shape index (κ2) is 4.44. The highest BCUT2D eigenvalue weighted by Gasteiger charge is 2.21. The first-order valence-corrected chi connectivity index (χ1v) is 6.42. The highest BCUT2D eigenvalue weighted by Crippen LogP contribution is 2.25. The number of aromatic nitrogens is 1. The number of carbonyl (C=O) groups excluding carboxylic acids is 1. The highest BCUT2D eigenvalue weighted by atomic mass is 35.5. The molecule has 1 aromatic heterocycles. The number of nitrogens with one attached hydrogen (secondary N) is 2. The lowest BCUT2D eigenvalue weighted by Crippen LogP contribution is -2.40. The van der Waals surface area contributed by atoms with Crippen LogP contribution in [0, 0.1) is 6.92 Å². The molecule has 0 bridgehead atoms. The molecule has 0 aliphatic rings. The van der Waals surface area contributed by atoms with Gasteiger partial charge in [-0.3, -0.25) is 10.2 Å². The summed E-state index contributed by atoms with van der Waals surface area (Å²) in [5.41, 5.74) is 2.27. The van der Waals surface area contributed by atoms with E-state index in [4.69, 9.17) is 11.6 Å². The van der Waals surface area contributed by atoms with E-state index in [9.17, 15) is 13.2 Å². The number of rotatable bonds is 3. The summed E-state index contributed by atoms with van der Waals surface area (Å²) in [6.45, 7) is 2.71. The van der Waals surface area contributed by atoms with Crippen LogP contribution >= 0.6 is 22.9 Å². The Balaban J connectivity index is 2.96. The van der Waals surface area contributed by atoms with Crippen LogP contribution in [-0.4, -0.2) is 19.3 Å². The summed E-state index contributed by atoms with van der Waals surface area (Å²) >= 11 is 6.39. The van der Waals surface area contributed by atoms with Gasteiger partial charge in [0.2, 0.25) is 5.91 Å². The van der Waals surface area contributed by atoms with Crippen LogP contribution in [0.2, 0.25) is 4.47 Å². The van der Waals surface area contributed by atoms with Crippen molar-refractivity contribution in [1.29, 1.82) is 0 Å². The molecule has 1 heterocycles. The van der Waals surface area contributed by atoms with Gasteiger partial charge in [-0.25, -0.2) is 13.4 Å². The summed E-state index contributed by atoms with van der Waals surface area (Å²) < 4.78 is 23.2. The molecule has 0 saturated carbocycles. The van der Waals surface area contributed by atoms with Gasteiger partial charge in [0.15, 0.2) is 8.68 Å². The smallest absolute Gasteiger partial charge is 0.268 e. The first-order valence-electron chi connectivity index (χ1n) is 3.74. The van der Waals surface area contributed by atoms with Crippen LogP contribution in [0.15, 0.2) is 4.21 Å². The van der Waals surface area contributed by atoms with Crippen molar-refractivity contribution in [2.75, 3.05) is 0 Å².